The maximum atomic E-state index is 12.7. The van der Waals surface area contributed by atoms with Gasteiger partial charge in [-0.25, -0.2) is 14.6 Å². The van der Waals surface area contributed by atoms with Gasteiger partial charge in [-0.05, 0) is 24.3 Å². The van der Waals surface area contributed by atoms with Crippen LogP contribution in [0.25, 0.3) is 11.0 Å². The molecular formula is C22H15NO6S. The molecule has 0 aliphatic carbocycles. The van der Waals surface area contributed by atoms with Crippen LogP contribution in [0, 0.1) is 0 Å². The average Bonchev–Trinajstić information content (AvgIpc) is 3.09. The van der Waals surface area contributed by atoms with Crippen LogP contribution in [0.1, 0.15) is 10.4 Å². The van der Waals surface area contributed by atoms with Gasteiger partial charge in [-0.1, -0.05) is 48.2 Å². The number of benzene rings is 2. The zero-order valence-corrected chi connectivity index (χ0v) is 16.3. The molecule has 7 nitrogen and oxygen atoms in total. The normalized spacial score (nSPS) is 14.3. The number of cyclic esters (lactones) is 1. The first-order chi connectivity index (χ1) is 14.5. The predicted octanol–water partition coefficient (Wildman–Crippen LogP) is 3.81. The molecule has 0 bridgehead atoms. The van der Waals surface area contributed by atoms with Gasteiger partial charge in [-0.15, -0.1) is 0 Å². The number of rotatable bonds is 5. The number of aliphatic hydroxyl groups excluding tert-OH is 1. The monoisotopic (exact) mass is 421 g/mol. The Hall–Kier alpha value is -3.65. The topological polar surface area (TPSA) is 106 Å². The number of aliphatic hydroxyl groups is 1. The Labute approximate surface area is 174 Å². The summed E-state index contributed by atoms with van der Waals surface area (Å²) < 4.78 is 10.1. The Bertz CT molecular complexity index is 1260. The van der Waals surface area contributed by atoms with E-state index in [0.29, 0.717) is 16.7 Å². The third-order valence-electron chi connectivity index (χ3n) is 4.32. The van der Waals surface area contributed by atoms with Crippen molar-refractivity contribution in [3.8, 4) is 0 Å². The van der Waals surface area contributed by atoms with Crippen molar-refractivity contribution in [1.82, 2.24) is 0 Å². The average molecular weight is 421 g/mol. The number of carbonyl (C=O) groups excluding carboxylic acids is 2. The first-order valence-electron chi connectivity index (χ1n) is 8.95. The predicted molar refractivity (Wildman–Crippen MR) is 113 cm³/mol. The third kappa shape index (κ3) is 4.04. The van der Waals surface area contributed by atoms with Gasteiger partial charge in [0.25, 0.3) is 0 Å². The van der Waals surface area contributed by atoms with Crippen LogP contribution in [0.15, 0.2) is 86.2 Å². The highest BCUT2D eigenvalue weighted by atomic mass is 32.2. The molecule has 0 amide bonds. The molecule has 1 aliphatic heterocycles. The lowest BCUT2D eigenvalue weighted by atomic mass is 10.1. The van der Waals surface area contributed by atoms with Crippen molar-refractivity contribution < 1.29 is 23.8 Å². The number of esters is 1. The zero-order valence-electron chi connectivity index (χ0n) is 15.5. The second-order valence-corrected chi connectivity index (χ2v) is 7.31. The van der Waals surface area contributed by atoms with Crippen LogP contribution >= 0.6 is 11.8 Å². The van der Waals surface area contributed by atoms with Crippen molar-refractivity contribution in [1.29, 1.82) is 0 Å². The lowest BCUT2D eigenvalue weighted by molar-refractivity contribution is -0.135. The first-order valence-corrected chi connectivity index (χ1v) is 9.94. The summed E-state index contributed by atoms with van der Waals surface area (Å²) in [4.78, 5) is 41.4. The van der Waals surface area contributed by atoms with Gasteiger partial charge in [-0.2, -0.15) is 0 Å². The van der Waals surface area contributed by atoms with Gasteiger partial charge >= 0.3 is 11.6 Å². The molecule has 1 aliphatic rings. The van der Waals surface area contributed by atoms with Crippen molar-refractivity contribution in [2.24, 2.45) is 4.99 Å². The number of thioether (sulfide) groups is 1. The van der Waals surface area contributed by atoms with Crippen molar-refractivity contribution in [3.05, 3.63) is 88.0 Å². The highest BCUT2D eigenvalue weighted by Gasteiger charge is 2.30. The van der Waals surface area contributed by atoms with E-state index in [1.165, 1.54) is 6.07 Å². The molecule has 0 unspecified atom stereocenters. The lowest BCUT2D eigenvalue weighted by Gasteiger charge is -2.06. The standard InChI is InChI=1S/C22H15NO6S/c24-16-11-28-22(27)19(16)20(23-14-7-2-1-3-8-14)30-12-17(25)15-10-13-6-4-5-9-18(13)29-21(15)26/h1-10,24H,11-12H2. The van der Waals surface area contributed by atoms with Crippen molar-refractivity contribution in [3.63, 3.8) is 0 Å². The number of Topliss-reactive ketones (excluding diaryl/α,β-unsaturated/α-hetero) is 1. The van der Waals surface area contributed by atoms with Gasteiger partial charge in [0.2, 0.25) is 0 Å². The molecule has 1 aromatic heterocycles. The number of ketones is 1. The number of carbonyl (C=O) groups is 2. The summed E-state index contributed by atoms with van der Waals surface area (Å²) in [5.74, 6) is -1.63. The maximum absolute atomic E-state index is 12.7. The van der Waals surface area contributed by atoms with E-state index < -0.39 is 17.4 Å². The molecule has 2 aromatic carbocycles. The van der Waals surface area contributed by atoms with E-state index in [0.717, 1.165) is 11.8 Å². The Morgan fingerprint density at radius 1 is 1.07 bits per heavy atom. The van der Waals surface area contributed by atoms with Gasteiger partial charge in [-0.3, -0.25) is 4.79 Å². The highest BCUT2D eigenvalue weighted by Crippen LogP contribution is 2.26. The molecule has 8 heteroatoms. The Morgan fingerprint density at radius 2 is 1.80 bits per heavy atom. The van der Waals surface area contributed by atoms with E-state index in [9.17, 15) is 19.5 Å². The minimum atomic E-state index is -0.733. The van der Waals surface area contributed by atoms with E-state index in [1.54, 1.807) is 48.5 Å². The molecule has 150 valence electrons. The minimum Gasteiger partial charge on any atom is -0.508 e. The summed E-state index contributed by atoms with van der Waals surface area (Å²) in [5.41, 5.74) is 0.0253. The van der Waals surface area contributed by atoms with Gasteiger partial charge in [0.1, 0.15) is 34.1 Å². The van der Waals surface area contributed by atoms with Crippen LogP contribution in [-0.4, -0.2) is 34.3 Å². The molecule has 2 heterocycles. The molecule has 3 aromatic rings. The second-order valence-electron chi connectivity index (χ2n) is 6.35. The largest absolute Gasteiger partial charge is 0.508 e. The summed E-state index contributed by atoms with van der Waals surface area (Å²) in [5, 5.41) is 10.8. The molecular weight excluding hydrogens is 406 g/mol. The van der Waals surface area contributed by atoms with Gasteiger partial charge in [0.15, 0.2) is 5.78 Å². The molecule has 4 rings (SSSR count). The summed E-state index contributed by atoms with van der Waals surface area (Å²) in [6, 6.07) is 17.2. The number of hydrogen-bond acceptors (Lipinski definition) is 8. The second kappa shape index (κ2) is 8.38. The van der Waals surface area contributed by atoms with Crippen LogP contribution in [0.4, 0.5) is 5.69 Å². The summed E-state index contributed by atoms with van der Waals surface area (Å²) in [6.07, 6.45) is 0. The SMILES string of the molecule is O=C1OCC(O)=C1C(=Nc1ccccc1)SCC(=O)c1cc2ccccc2oc1=O. The van der Waals surface area contributed by atoms with Gasteiger partial charge < -0.3 is 14.3 Å². The van der Waals surface area contributed by atoms with Crippen LogP contribution < -0.4 is 5.63 Å². The van der Waals surface area contributed by atoms with Crippen LogP contribution in [0.2, 0.25) is 0 Å². The van der Waals surface area contributed by atoms with E-state index in [-0.39, 0.29) is 34.3 Å². The summed E-state index contributed by atoms with van der Waals surface area (Å²) in [6.45, 7) is -0.245. The summed E-state index contributed by atoms with van der Waals surface area (Å²) in [7, 11) is 0. The molecule has 0 spiro atoms. The molecule has 1 N–H and O–H groups in total. The number of para-hydroxylation sites is 2. The first kappa shape index (κ1) is 19.7. The van der Waals surface area contributed by atoms with Crippen LogP contribution in [0.3, 0.4) is 0 Å². The van der Waals surface area contributed by atoms with E-state index in [1.807, 2.05) is 6.07 Å². The van der Waals surface area contributed by atoms with Crippen molar-refractivity contribution in [2.45, 2.75) is 0 Å². The van der Waals surface area contributed by atoms with Gasteiger partial charge in [0, 0.05) is 5.39 Å². The molecule has 0 saturated carbocycles. The minimum absolute atomic E-state index is 0.0813. The van der Waals surface area contributed by atoms with Crippen LogP contribution in [0.5, 0.6) is 0 Å². The van der Waals surface area contributed by atoms with Crippen molar-refractivity contribution >= 4 is 45.2 Å². The fourth-order valence-electron chi connectivity index (χ4n) is 2.85. The number of ether oxygens (including phenoxy) is 1. The molecule has 0 fully saturated rings. The fourth-order valence-corrected chi connectivity index (χ4v) is 3.79. The van der Waals surface area contributed by atoms with Crippen LogP contribution in [-0.2, 0) is 9.53 Å². The third-order valence-corrected chi connectivity index (χ3v) is 5.29. The zero-order chi connectivity index (χ0) is 21.1. The highest BCUT2D eigenvalue weighted by molar-refractivity contribution is 8.15. The molecule has 0 atom stereocenters. The van der Waals surface area contributed by atoms with E-state index in [2.05, 4.69) is 4.99 Å². The Kier molecular flexibility index (Phi) is 5.49. The Morgan fingerprint density at radius 3 is 2.53 bits per heavy atom. The number of aliphatic imine (C=N–C) groups is 1. The number of nitrogens with zero attached hydrogens (tertiary/aromatic N) is 1. The molecule has 0 radical (unpaired) electrons. The maximum Gasteiger partial charge on any atom is 0.347 e. The fraction of sp³-hybridized carbons (Fsp3) is 0.0909. The molecule has 30 heavy (non-hydrogen) atoms. The van der Waals surface area contributed by atoms with E-state index in [4.69, 9.17) is 9.15 Å². The smallest absolute Gasteiger partial charge is 0.347 e. The number of hydrogen-bond donors (Lipinski definition) is 1. The summed E-state index contributed by atoms with van der Waals surface area (Å²) >= 11 is 0.939. The quantitative estimate of drug-likeness (QED) is 0.219. The van der Waals surface area contributed by atoms with Gasteiger partial charge in [0.05, 0.1) is 11.4 Å². The Balaban J connectivity index is 1.63. The lowest BCUT2D eigenvalue weighted by Crippen LogP contribution is -2.17. The van der Waals surface area contributed by atoms with E-state index >= 15 is 0 Å². The molecule has 0 saturated heterocycles. The van der Waals surface area contributed by atoms with Crippen molar-refractivity contribution in [2.75, 3.05) is 12.4 Å². The number of fused-ring (bicyclic) bond motifs is 1.